The van der Waals surface area contributed by atoms with Crippen molar-refractivity contribution in [2.75, 3.05) is 18.5 Å². The van der Waals surface area contributed by atoms with E-state index in [0.29, 0.717) is 18.0 Å². The van der Waals surface area contributed by atoms with E-state index >= 15 is 0 Å². The summed E-state index contributed by atoms with van der Waals surface area (Å²) < 4.78 is 5.36. The number of pyridine rings is 1. The molecule has 0 aliphatic carbocycles. The number of hydrogen-bond acceptors (Lipinski definition) is 4. The van der Waals surface area contributed by atoms with Gasteiger partial charge in [-0.3, -0.25) is 0 Å². The summed E-state index contributed by atoms with van der Waals surface area (Å²) in [6, 6.07) is 5.79. The number of aryl methyl sites for hydroxylation is 1. The highest BCUT2D eigenvalue weighted by molar-refractivity contribution is 5.53. The van der Waals surface area contributed by atoms with Crippen molar-refractivity contribution in [3.63, 3.8) is 0 Å². The second-order valence-corrected chi connectivity index (χ2v) is 4.45. The maximum Gasteiger partial charge on any atom is 0.144 e. The fourth-order valence-corrected chi connectivity index (χ4v) is 1.79. The van der Waals surface area contributed by atoms with Crippen LogP contribution >= 0.6 is 0 Å². The Labute approximate surface area is 95.3 Å². The predicted molar refractivity (Wildman–Crippen MR) is 61.2 cm³/mol. The van der Waals surface area contributed by atoms with Crippen LogP contribution in [0.25, 0.3) is 0 Å². The van der Waals surface area contributed by atoms with Crippen LogP contribution in [0, 0.1) is 18.3 Å². The van der Waals surface area contributed by atoms with Crippen molar-refractivity contribution in [2.24, 2.45) is 0 Å². The van der Waals surface area contributed by atoms with Gasteiger partial charge in [0.15, 0.2) is 0 Å². The molecule has 1 aliphatic heterocycles. The van der Waals surface area contributed by atoms with Crippen molar-refractivity contribution < 1.29 is 4.74 Å². The van der Waals surface area contributed by atoms with Gasteiger partial charge in [0, 0.05) is 12.3 Å². The standard InChI is InChI=1S/C12H15N3O/c1-9-3-4-10(7-13)11(14-9)15-12(2)5-6-16-8-12/h3-4H,5-6,8H2,1-2H3,(H,14,15). The van der Waals surface area contributed by atoms with Gasteiger partial charge in [0.05, 0.1) is 17.7 Å². The van der Waals surface area contributed by atoms with Crippen LogP contribution < -0.4 is 5.32 Å². The lowest BCUT2D eigenvalue weighted by atomic mass is 10.0. The van der Waals surface area contributed by atoms with Crippen LogP contribution in [0.5, 0.6) is 0 Å². The first-order chi connectivity index (χ1) is 7.63. The molecule has 0 radical (unpaired) electrons. The maximum atomic E-state index is 9.01. The van der Waals surface area contributed by atoms with Crippen LogP contribution in [0.2, 0.25) is 0 Å². The summed E-state index contributed by atoms with van der Waals surface area (Å²) in [5, 5.41) is 12.3. The second-order valence-electron chi connectivity index (χ2n) is 4.45. The van der Waals surface area contributed by atoms with E-state index in [-0.39, 0.29) is 5.54 Å². The number of nitrogens with one attached hydrogen (secondary N) is 1. The van der Waals surface area contributed by atoms with Gasteiger partial charge in [0.25, 0.3) is 0 Å². The van der Waals surface area contributed by atoms with Crippen molar-refractivity contribution in [1.82, 2.24) is 4.98 Å². The Morgan fingerprint density at radius 3 is 3.00 bits per heavy atom. The molecule has 1 N–H and O–H groups in total. The molecule has 2 heterocycles. The average molecular weight is 217 g/mol. The van der Waals surface area contributed by atoms with Crippen molar-refractivity contribution in [2.45, 2.75) is 25.8 Å². The minimum atomic E-state index is -0.105. The molecule has 1 saturated heterocycles. The second kappa shape index (κ2) is 4.11. The third-order valence-corrected chi connectivity index (χ3v) is 2.79. The molecule has 4 heteroatoms. The van der Waals surface area contributed by atoms with Crippen molar-refractivity contribution in [1.29, 1.82) is 5.26 Å². The molecule has 1 aromatic heterocycles. The van der Waals surface area contributed by atoms with Gasteiger partial charge in [-0.1, -0.05) is 0 Å². The zero-order chi connectivity index (χ0) is 11.6. The first-order valence-electron chi connectivity index (χ1n) is 5.37. The Morgan fingerprint density at radius 1 is 1.56 bits per heavy atom. The van der Waals surface area contributed by atoms with Crippen molar-refractivity contribution in [3.05, 3.63) is 23.4 Å². The molecule has 4 nitrogen and oxygen atoms in total. The SMILES string of the molecule is Cc1ccc(C#N)c(NC2(C)CCOC2)n1. The molecular formula is C12H15N3O. The molecule has 84 valence electrons. The van der Waals surface area contributed by atoms with Gasteiger partial charge < -0.3 is 10.1 Å². The van der Waals surface area contributed by atoms with E-state index < -0.39 is 0 Å². The normalized spacial score (nSPS) is 24.1. The average Bonchev–Trinajstić information content (AvgIpc) is 2.65. The summed E-state index contributed by atoms with van der Waals surface area (Å²) in [5.74, 6) is 0.663. The van der Waals surface area contributed by atoms with E-state index in [1.807, 2.05) is 13.0 Å². The van der Waals surface area contributed by atoms with E-state index in [0.717, 1.165) is 18.7 Å². The van der Waals surface area contributed by atoms with E-state index in [9.17, 15) is 0 Å². The summed E-state index contributed by atoms with van der Waals surface area (Å²) in [7, 11) is 0. The van der Waals surface area contributed by atoms with Crippen molar-refractivity contribution >= 4 is 5.82 Å². The summed E-state index contributed by atoms with van der Waals surface area (Å²) in [5.41, 5.74) is 1.38. The maximum absolute atomic E-state index is 9.01. The lowest BCUT2D eigenvalue weighted by Crippen LogP contribution is -2.35. The molecule has 0 amide bonds. The highest BCUT2D eigenvalue weighted by Crippen LogP contribution is 2.24. The van der Waals surface area contributed by atoms with E-state index in [1.54, 1.807) is 6.07 Å². The fourth-order valence-electron chi connectivity index (χ4n) is 1.79. The number of hydrogen-bond donors (Lipinski definition) is 1. The predicted octanol–water partition coefficient (Wildman–Crippen LogP) is 1.85. The summed E-state index contributed by atoms with van der Waals surface area (Å²) in [6.07, 6.45) is 0.938. The largest absolute Gasteiger partial charge is 0.379 e. The summed E-state index contributed by atoms with van der Waals surface area (Å²) >= 11 is 0. The Bertz CT molecular complexity index is 430. The van der Waals surface area contributed by atoms with Gasteiger partial charge in [-0.15, -0.1) is 0 Å². The van der Waals surface area contributed by atoms with Gasteiger partial charge in [-0.05, 0) is 32.4 Å². The number of nitriles is 1. The van der Waals surface area contributed by atoms with Crippen molar-refractivity contribution in [3.8, 4) is 6.07 Å². The quantitative estimate of drug-likeness (QED) is 0.821. The van der Waals surface area contributed by atoms with E-state index in [4.69, 9.17) is 10.00 Å². The highest BCUT2D eigenvalue weighted by Gasteiger charge is 2.30. The zero-order valence-corrected chi connectivity index (χ0v) is 9.58. The Morgan fingerprint density at radius 2 is 2.38 bits per heavy atom. The molecule has 1 aromatic rings. The first-order valence-corrected chi connectivity index (χ1v) is 5.37. The summed E-state index contributed by atoms with van der Waals surface area (Å²) in [4.78, 5) is 4.36. The van der Waals surface area contributed by atoms with Gasteiger partial charge in [-0.2, -0.15) is 5.26 Å². The highest BCUT2D eigenvalue weighted by atomic mass is 16.5. The van der Waals surface area contributed by atoms with Gasteiger partial charge in [0.1, 0.15) is 11.9 Å². The number of nitrogens with zero attached hydrogens (tertiary/aromatic N) is 2. The van der Waals surface area contributed by atoms with Gasteiger partial charge in [-0.25, -0.2) is 4.98 Å². The van der Waals surface area contributed by atoms with Crippen LogP contribution in [0.3, 0.4) is 0 Å². The van der Waals surface area contributed by atoms with Crippen LogP contribution in [0.15, 0.2) is 12.1 Å². The molecule has 0 saturated carbocycles. The molecule has 1 aliphatic rings. The molecule has 2 rings (SSSR count). The number of ether oxygens (including phenoxy) is 1. The smallest absolute Gasteiger partial charge is 0.144 e. The zero-order valence-electron chi connectivity index (χ0n) is 9.58. The molecule has 0 spiro atoms. The molecule has 16 heavy (non-hydrogen) atoms. The lowest BCUT2D eigenvalue weighted by molar-refractivity contribution is 0.185. The minimum absolute atomic E-state index is 0.105. The van der Waals surface area contributed by atoms with E-state index in [2.05, 4.69) is 23.3 Å². The minimum Gasteiger partial charge on any atom is -0.379 e. The molecule has 1 fully saturated rings. The Balaban J connectivity index is 2.26. The topological polar surface area (TPSA) is 57.9 Å². The van der Waals surface area contributed by atoms with Crippen LogP contribution in [-0.2, 0) is 4.74 Å². The van der Waals surface area contributed by atoms with Crippen LogP contribution in [0.4, 0.5) is 5.82 Å². The molecule has 0 bridgehead atoms. The fraction of sp³-hybridized carbons (Fsp3) is 0.500. The molecule has 0 aromatic carbocycles. The number of anilines is 1. The lowest BCUT2D eigenvalue weighted by Gasteiger charge is -2.24. The monoisotopic (exact) mass is 217 g/mol. The third-order valence-electron chi connectivity index (χ3n) is 2.79. The molecular weight excluding hydrogens is 202 g/mol. The van der Waals surface area contributed by atoms with Crippen LogP contribution in [-0.4, -0.2) is 23.7 Å². The Hall–Kier alpha value is -1.60. The summed E-state index contributed by atoms with van der Waals surface area (Å²) in [6.45, 7) is 5.43. The van der Waals surface area contributed by atoms with Crippen LogP contribution in [0.1, 0.15) is 24.6 Å². The van der Waals surface area contributed by atoms with E-state index in [1.165, 1.54) is 0 Å². The first kappa shape index (κ1) is 10.9. The Kier molecular flexibility index (Phi) is 2.80. The number of rotatable bonds is 2. The molecule has 1 atom stereocenters. The van der Waals surface area contributed by atoms with Gasteiger partial charge >= 0.3 is 0 Å². The number of aromatic nitrogens is 1. The molecule has 1 unspecified atom stereocenters. The third kappa shape index (κ3) is 2.15. The van der Waals surface area contributed by atoms with Gasteiger partial charge in [0.2, 0.25) is 0 Å².